The van der Waals surface area contributed by atoms with E-state index in [0.717, 1.165) is 18.4 Å². The number of carbonyl (C=O) groups is 1. The summed E-state index contributed by atoms with van der Waals surface area (Å²) in [5.41, 5.74) is 0.737. The van der Waals surface area contributed by atoms with E-state index in [1.165, 1.54) is 13.2 Å². The van der Waals surface area contributed by atoms with E-state index in [9.17, 15) is 4.79 Å². The maximum absolute atomic E-state index is 11.2. The molecule has 3 unspecified atom stereocenters. The lowest BCUT2D eigenvalue weighted by Crippen LogP contribution is -2.29. The monoisotopic (exact) mass is 212 g/mol. The van der Waals surface area contributed by atoms with Gasteiger partial charge in [-0.3, -0.25) is 0 Å². The third-order valence-corrected chi connectivity index (χ3v) is 3.33. The average molecular weight is 212 g/mol. The highest BCUT2D eigenvalue weighted by molar-refractivity contribution is 5.83. The summed E-state index contributed by atoms with van der Waals surface area (Å²) in [6.07, 6.45) is 3.54. The van der Waals surface area contributed by atoms with Gasteiger partial charge in [0.1, 0.15) is 5.60 Å². The van der Waals surface area contributed by atoms with Gasteiger partial charge in [-0.15, -0.1) is 0 Å². The highest BCUT2D eigenvalue weighted by Crippen LogP contribution is 2.51. The highest BCUT2D eigenvalue weighted by atomic mass is 16.6. The second-order valence-corrected chi connectivity index (χ2v) is 4.20. The second-order valence-electron chi connectivity index (χ2n) is 4.20. The van der Waals surface area contributed by atoms with Crippen molar-refractivity contribution >= 4 is 5.97 Å². The lowest BCUT2D eigenvalue weighted by Gasteiger charge is -2.24. The third kappa shape index (κ3) is 1.79. The number of carbonyl (C=O) groups excluding carboxylic acids is 1. The van der Waals surface area contributed by atoms with Crippen molar-refractivity contribution in [3.8, 4) is 0 Å². The summed E-state index contributed by atoms with van der Waals surface area (Å²) in [5, 5.41) is 0. The Bertz CT molecular complexity index is 310. The summed E-state index contributed by atoms with van der Waals surface area (Å²) in [4.78, 5) is 11.2. The molecule has 0 N–H and O–H groups in total. The molecule has 1 saturated heterocycles. The fourth-order valence-corrected chi connectivity index (χ4v) is 2.17. The Labute approximate surface area is 89.2 Å². The van der Waals surface area contributed by atoms with Gasteiger partial charge in [-0.05, 0) is 18.9 Å². The SMILES string of the molecule is COC(=O)/C=C1/CC(OC)CC2OC12C. The molecule has 2 aliphatic rings. The van der Waals surface area contributed by atoms with Crippen LogP contribution in [-0.2, 0) is 19.0 Å². The molecule has 1 heterocycles. The first-order valence-corrected chi connectivity index (χ1v) is 5.09. The van der Waals surface area contributed by atoms with Crippen molar-refractivity contribution in [2.75, 3.05) is 14.2 Å². The minimum Gasteiger partial charge on any atom is -0.466 e. The van der Waals surface area contributed by atoms with Gasteiger partial charge in [0.25, 0.3) is 0 Å². The van der Waals surface area contributed by atoms with Crippen LogP contribution in [-0.4, -0.2) is 38.0 Å². The molecule has 1 aliphatic heterocycles. The smallest absolute Gasteiger partial charge is 0.330 e. The van der Waals surface area contributed by atoms with E-state index in [2.05, 4.69) is 4.74 Å². The molecule has 3 atom stereocenters. The predicted molar refractivity (Wildman–Crippen MR) is 53.4 cm³/mol. The number of esters is 1. The zero-order valence-electron chi connectivity index (χ0n) is 9.28. The maximum atomic E-state index is 11.2. The molecule has 0 aromatic heterocycles. The zero-order chi connectivity index (χ0) is 11.1. The Balaban J connectivity index is 2.15. The van der Waals surface area contributed by atoms with Gasteiger partial charge in [0.2, 0.25) is 0 Å². The number of fused-ring (bicyclic) bond motifs is 1. The summed E-state index contributed by atoms with van der Waals surface area (Å²) in [6.45, 7) is 2.01. The van der Waals surface area contributed by atoms with Gasteiger partial charge < -0.3 is 14.2 Å². The van der Waals surface area contributed by atoms with Crippen molar-refractivity contribution in [2.45, 2.75) is 37.6 Å². The van der Waals surface area contributed by atoms with Crippen LogP contribution in [0.1, 0.15) is 19.8 Å². The molecular formula is C11H16O4. The zero-order valence-corrected chi connectivity index (χ0v) is 9.28. The van der Waals surface area contributed by atoms with Gasteiger partial charge in [0.15, 0.2) is 0 Å². The molecule has 4 nitrogen and oxygen atoms in total. The molecule has 0 aromatic carbocycles. The Kier molecular flexibility index (Phi) is 2.56. The molecular weight excluding hydrogens is 196 g/mol. The number of epoxide rings is 1. The van der Waals surface area contributed by atoms with E-state index in [1.807, 2.05) is 6.92 Å². The van der Waals surface area contributed by atoms with Crippen LogP contribution in [0, 0.1) is 0 Å². The van der Waals surface area contributed by atoms with Crippen molar-refractivity contribution in [3.63, 3.8) is 0 Å². The minimum atomic E-state index is -0.322. The Morgan fingerprint density at radius 1 is 1.60 bits per heavy atom. The molecule has 0 amide bonds. The van der Waals surface area contributed by atoms with Crippen LogP contribution in [0.15, 0.2) is 11.6 Å². The van der Waals surface area contributed by atoms with Crippen molar-refractivity contribution < 1.29 is 19.0 Å². The Morgan fingerprint density at radius 2 is 2.33 bits per heavy atom. The topological polar surface area (TPSA) is 48.1 Å². The van der Waals surface area contributed by atoms with Gasteiger partial charge in [0.05, 0.1) is 19.3 Å². The third-order valence-electron chi connectivity index (χ3n) is 3.33. The molecule has 0 spiro atoms. The predicted octanol–water partition coefficient (Wildman–Crippen LogP) is 1.05. The van der Waals surface area contributed by atoms with Crippen molar-refractivity contribution in [1.29, 1.82) is 0 Å². The van der Waals surface area contributed by atoms with Crippen LogP contribution in [0.5, 0.6) is 0 Å². The number of hydrogen-bond donors (Lipinski definition) is 0. The number of methoxy groups -OCH3 is 2. The fraction of sp³-hybridized carbons (Fsp3) is 0.727. The molecule has 2 rings (SSSR count). The average Bonchev–Trinajstić information content (AvgIpc) is 2.90. The van der Waals surface area contributed by atoms with Gasteiger partial charge in [-0.2, -0.15) is 0 Å². The van der Waals surface area contributed by atoms with Crippen LogP contribution in [0.3, 0.4) is 0 Å². The standard InChI is InChI=1S/C11H16O4/c1-11-7(5-10(12)14-3)4-8(13-2)6-9(11)15-11/h5,8-9H,4,6H2,1-3H3/b7-5-. The highest BCUT2D eigenvalue weighted by Gasteiger charge is 2.58. The van der Waals surface area contributed by atoms with Crippen molar-refractivity contribution in [2.24, 2.45) is 0 Å². The van der Waals surface area contributed by atoms with E-state index in [-0.39, 0.29) is 23.8 Å². The van der Waals surface area contributed by atoms with Crippen LogP contribution in [0.25, 0.3) is 0 Å². The molecule has 0 aromatic rings. The number of ether oxygens (including phenoxy) is 3. The normalized spacial score (nSPS) is 41.1. The summed E-state index contributed by atoms with van der Waals surface area (Å²) >= 11 is 0. The number of rotatable bonds is 2. The molecule has 1 aliphatic carbocycles. The molecule has 84 valence electrons. The molecule has 1 saturated carbocycles. The lowest BCUT2D eigenvalue weighted by atomic mass is 9.83. The minimum absolute atomic E-state index is 0.154. The number of hydrogen-bond acceptors (Lipinski definition) is 4. The van der Waals surface area contributed by atoms with Gasteiger partial charge in [-0.25, -0.2) is 4.79 Å². The Morgan fingerprint density at radius 3 is 2.93 bits per heavy atom. The maximum Gasteiger partial charge on any atom is 0.330 e. The van der Waals surface area contributed by atoms with E-state index < -0.39 is 0 Å². The Hall–Kier alpha value is -0.870. The first-order chi connectivity index (χ1) is 7.10. The van der Waals surface area contributed by atoms with E-state index in [4.69, 9.17) is 9.47 Å². The summed E-state index contributed by atoms with van der Waals surface area (Å²) < 4.78 is 15.5. The molecule has 0 radical (unpaired) electrons. The first kappa shape index (κ1) is 10.6. The van der Waals surface area contributed by atoms with Crippen molar-refractivity contribution in [3.05, 3.63) is 11.6 Å². The quantitative estimate of drug-likeness (QED) is 0.390. The van der Waals surface area contributed by atoms with Crippen LogP contribution < -0.4 is 0 Å². The molecule has 0 bridgehead atoms. The molecule has 2 fully saturated rings. The van der Waals surface area contributed by atoms with E-state index >= 15 is 0 Å². The van der Waals surface area contributed by atoms with E-state index in [1.54, 1.807) is 7.11 Å². The van der Waals surface area contributed by atoms with Crippen LogP contribution in [0.4, 0.5) is 0 Å². The van der Waals surface area contributed by atoms with Crippen LogP contribution in [0.2, 0.25) is 0 Å². The first-order valence-electron chi connectivity index (χ1n) is 5.09. The summed E-state index contributed by atoms with van der Waals surface area (Å²) in [5.74, 6) is -0.322. The molecule has 15 heavy (non-hydrogen) atoms. The largest absolute Gasteiger partial charge is 0.466 e. The van der Waals surface area contributed by atoms with Gasteiger partial charge in [-0.1, -0.05) is 0 Å². The van der Waals surface area contributed by atoms with Gasteiger partial charge >= 0.3 is 5.97 Å². The summed E-state index contributed by atoms with van der Waals surface area (Å²) in [7, 11) is 3.06. The fourth-order valence-electron chi connectivity index (χ4n) is 2.17. The van der Waals surface area contributed by atoms with E-state index in [0.29, 0.717) is 0 Å². The second kappa shape index (κ2) is 3.61. The molecule has 4 heteroatoms. The van der Waals surface area contributed by atoms with Crippen molar-refractivity contribution in [1.82, 2.24) is 0 Å². The lowest BCUT2D eigenvalue weighted by molar-refractivity contribution is -0.134. The summed E-state index contributed by atoms with van der Waals surface area (Å²) in [6, 6.07) is 0. The van der Waals surface area contributed by atoms with Gasteiger partial charge in [0, 0.05) is 19.6 Å². The van der Waals surface area contributed by atoms with Crippen LogP contribution >= 0.6 is 0 Å².